The molecule has 1 atom stereocenters. The minimum atomic E-state index is -0.483. The number of esters is 1. The van der Waals surface area contributed by atoms with Gasteiger partial charge in [-0.25, -0.2) is 0 Å². The molecule has 0 radical (unpaired) electrons. The van der Waals surface area contributed by atoms with Crippen molar-refractivity contribution in [1.29, 1.82) is 0 Å². The summed E-state index contributed by atoms with van der Waals surface area (Å²) in [7, 11) is 0. The Morgan fingerprint density at radius 3 is 2.50 bits per heavy atom. The molecule has 0 aliphatic carbocycles. The van der Waals surface area contributed by atoms with Crippen molar-refractivity contribution < 1.29 is 9.53 Å². The van der Waals surface area contributed by atoms with Gasteiger partial charge in [-0.05, 0) is 56.4 Å². The van der Waals surface area contributed by atoms with Gasteiger partial charge >= 0.3 is 5.97 Å². The lowest BCUT2D eigenvalue weighted by atomic mass is 9.96. The normalized spacial score (nSPS) is 12.7. The van der Waals surface area contributed by atoms with E-state index in [4.69, 9.17) is 10.5 Å². The van der Waals surface area contributed by atoms with E-state index in [1.54, 1.807) is 0 Å². The fourth-order valence-corrected chi connectivity index (χ4v) is 2.64. The fourth-order valence-electron chi connectivity index (χ4n) is 2.64. The first kappa shape index (κ1) is 18.2. The fraction of sp³-hybridized carbons (Fsp3) is 0.381. The van der Waals surface area contributed by atoms with Crippen LogP contribution in [0.1, 0.15) is 55.5 Å². The van der Waals surface area contributed by atoms with Gasteiger partial charge in [0.2, 0.25) is 0 Å². The van der Waals surface area contributed by atoms with Gasteiger partial charge in [-0.15, -0.1) is 0 Å². The Kier molecular flexibility index (Phi) is 5.79. The Morgan fingerprint density at radius 2 is 1.83 bits per heavy atom. The summed E-state index contributed by atoms with van der Waals surface area (Å²) in [5, 5.41) is 0. The zero-order valence-electron chi connectivity index (χ0n) is 15.0. The molecule has 0 fully saturated rings. The molecule has 0 spiro atoms. The van der Waals surface area contributed by atoms with Crippen LogP contribution in [0.15, 0.2) is 48.5 Å². The van der Waals surface area contributed by atoms with Gasteiger partial charge in [-0.3, -0.25) is 4.79 Å². The molecule has 3 heteroatoms. The van der Waals surface area contributed by atoms with Crippen LogP contribution in [0.5, 0.6) is 0 Å². The van der Waals surface area contributed by atoms with E-state index in [2.05, 4.69) is 37.3 Å². The van der Waals surface area contributed by atoms with Crippen LogP contribution in [0.25, 0.3) is 0 Å². The second kappa shape index (κ2) is 7.63. The van der Waals surface area contributed by atoms with Crippen LogP contribution in [0.3, 0.4) is 0 Å². The minimum Gasteiger partial charge on any atom is -0.460 e. The Labute approximate surface area is 144 Å². The predicted octanol–water partition coefficient (Wildman–Crippen LogP) is 4.32. The standard InChI is InChI=1S/C21H27NO2/c1-15-8-5-6-10-17(15)12-16-9-7-11-18(13-16)19(22)14-20(23)24-21(2,3)4/h5-11,13,19H,12,14,22H2,1-4H3. The lowest BCUT2D eigenvalue weighted by Gasteiger charge is -2.21. The maximum absolute atomic E-state index is 12.0. The Hall–Kier alpha value is -2.13. The summed E-state index contributed by atoms with van der Waals surface area (Å²) in [6.45, 7) is 7.70. The van der Waals surface area contributed by atoms with Crippen molar-refractivity contribution >= 4 is 5.97 Å². The monoisotopic (exact) mass is 325 g/mol. The Morgan fingerprint density at radius 1 is 1.12 bits per heavy atom. The van der Waals surface area contributed by atoms with Crippen LogP contribution in [-0.2, 0) is 16.0 Å². The molecule has 0 saturated heterocycles. The number of carbonyl (C=O) groups is 1. The summed E-state index contributed by atoms with van der Waals surface area (Å²) in [4.78, 5) is 12.0. The molecule has 0 aromatic heterocycles. The molecular formula is C21H27NO2. The number of carbonyl (C=O) groups excluding carboxylic acids is 1. The van der Waals surface area contributed by atoms with Crippen LogP contribution >= 0.6 is 0 Å². The van der Waals surface area contributed by atoms with Crippen molar-refractivity contribution in [1.82, 2.24) is 0 Å². The van der Waals surface area contributed by atoms with Crippen LogP contribution in [0.2, 0.25) is 0 Å². The third-order valence-corrected chi connectivity index (χ3v) is 3.84. The minimum absolute atomic E-state index is 0.186. The largest absolute Gasteiger partial charge is 0.460 e. The van der Waals surface area contributed by atoms with E-state index in [1.165, 1.54) is 16.7 Å². The summed E-state index contributed by atoms with van der Waals surface area (Å²) in [6, 6.07) is 16.2. The average molecular weight is 325 g/mol. The lowest BCUT2D eigenvalue weighted by molar-refractivity contribution is -0.155. The van der Waals surface area contributed by atoms with Gasteiger partial charge in [-0.1, -0.05) is 48.5 Å². The summed E-state index contributed by atoms with van der Waals surface area (Å²) in [6.07, 6.45) is 1.05. The first-order valence-corrected chi connectivity index (χ1v) is 8.35. The third kappa shape index (κ3) is 5.50. The lowest BCUT2D eigenvalue weighted by Crippen LogP contribution is -2.26. The third-order valence-electron chi connectivity index (χ3n) is 3.84. The topological polar surface area (TPSA) is 52.3 Å². The number of ether oxygens (including phenoxy) is 1. The van der Waals surface area contributed by atoms with Crippen LogP contribution in [-0.4, -0.2) is 11.6 Å². The van der Waals surface area contributed by atoms with Gasteiger partial charge in [0.25, 0.3) is 0 Å². The number of rotatable bonds is 5. The van der Waals surface area contributed by atoms with E-state index in [0.717, 1.165) is 12.0 Å². The number of aryl methyl sites for hydroxylation is 1. The van der Waals surface area contributed by atoms with E-state index in [1.807, 2.05) is 39.0 Å². The molecular weight excluding hydrogens is 298 g/mol. The summed E-state index contributed by atoms with van der Waals surface area (Å²) >= 11 is 0. The second-order valence-electron chi connectivity index (χ2n) is 7.25. The highest BCUT2D eigenvalue weighted by atomic mass is 16.6. The highest BCUT2D eigenvalue weighted by Gasteiger charge is 2.19. The van der Waals surface area contributed by atoms with Crippen LogP contribution in [0.4, 0.5) is 0 Å². The van der Waals surface area contributed by atoms with E-state index in [9.17, 15) is 4.79 Å². The smallest absolute Gasteiger partial charge is 0.308 e. The summed E-state index contributed by atoms with van der Waals surface area (Å²) < 4.78 is 5.35. The molecule has 0 heterocycles. The first-order chi connectivity index (χ1) is 11.2. The van der Waals surface area contributed by atoms with E-state index < -0.39 is 5.60 Å². The molecule has 2 aromatic carbocycles. The van der Waals surface area contributed by atoms with Gasteiger partial charge in [0, 0.05) is 6.04 Å². The van der Waals surface area contributed by atoms with Crippen LogP contribution < -0.4 is 5.73 Å². The zero-order valence-corrected chi connectivity index (χ0v) is 15.0. The van der Waals surface area contributed by atoms with Crippen LogP contribution in [0, 0.1) is 6.92 Å². The molecule has 2 rings (SSSR count). The molecule has 3 nitrogen and oxygen atoms in total. The van der Waals surface area contributed by atoms with Gasteiger partial charge in [-0.2, -0.15) is 0 Å². The average Bonchev–Trinajstić information content (AvgIpc) is 2.48. The van der Waals surface area contributed by atoms with E-state index in [0.29, 0.717) is 0 Å². The van der Waals surface area contributed by atoms with Crippen molar-refractivity contribution in [2.45, 2.75) is 52.2 Å². The second-order valence-corrected chi connectivity index (χ2v) is 7.25. The molecule has 2 aromatic rings. The van der Waals surface area contributed by atoms with Gasteiger partial charge in [0.05, 0.1) is 6.42 Å². The number of benzene rings is 2. The number of hydrogen-bond donors (Lipinski definition) is 1. The maximum Gasteiger partial charge on any atom is 0.308 e. The van der Waals surface area contributed by atoms with Gasteiger partial charge < -0.3 is 10.5 Å². The maximum atomic E-state index is 12.0. The van der Waals surface area contributed by atoms with Gasteiger partial charge in [0.1, 0.15) is 5.60 Å². The molecule has 0 amide bonds. The summed E-state index contributed by atoms with van der Waals surface area (Å²) in [5.41, 5.74) is 10.5. The SMILES string of the molecule is Cc1ccccc1Cc1cccc(C(N)CC(=O)OC(C)(C)C)c1. The van der Waals surface area contributed by atoms with Crippen molar-refractivity contribution in [2.24, 2.45) is 5.73 Å². The molecule has 0 aliphatic rings. The molecule has 0 bridgehead atoms. The van der Waals surface area contributed by atoms with Crippen molar-refractivity contribution in [3.63, 3.8) is 0 Å². The Balaban J connectivity index is 2.07. The molecule has 24 heavy (non-hydrogen) atoms. The molecule has 0 aliphatic heterocycles. The van der Waals surface area contributed by atoms with Crippen molar-refractivity contribution in [3.8, 4) is 0 Å². The predicted molar refractivity (Wildman–Crippen MR) is 97.8 cm³/mol. The van der Waals surface area contributed by atoms with Crippen molar-refractivity contribution in [2.75, 3.05) is 0 Å². The molecule has 0 saturated carbocycles. The Bertz CT molecular complexity index is 701. The van der Waals surface area contributed by atoms with E-state index >= 15 is 0 Å². The quantitative estimate of drug-likeness (QED) is 0.833. The highest BCUT2D eigenvalue weighted by Crippen LogP contribution is 2.20. The molecule has 128 valence electrons. The zero-order chi connectivity index (χ0) is 17.7. The number of nitrogens with two attached hydrogens (primary N) is 1. The first-order valence-electron chi connectivity index (χ1n) is 8.35. The van der Waals surface area contributed by atoms with E-state index in [-0.39, 0.29) is 18.4 Å². The highest BCUT2D eigenvalue weighted by molar-refractivity contribution is 5.71. The van der Waals surface area contributed by atoms with Crippen molar-refractivity contribution in [3.05, 3.63) is 70.8 Å². The van der Waals surface area contributed by atoms with Gasteiger partial charge in [0.15, 0.2) is 0 Å². The summed E-state index contributed by atoms with van der Waals surface area (Å²) in [5.74, 6) is -0.265. The molecule has 1 unspecified atom stereocenters. The number of hydrogen-bond acceptors (Lipinski definition) is 3. The molecule has 2 N–H and O–H groups in total.